The number of amides is 1. The fraction of sp³-hybridized carbons (Fsp3) is 0.0400. The van der Waals surface area contributed by atoms with Crippen molar-refractivity contribution in [2.24, 2.45) is 0 Å². The van der Waals surface area contributed by atoms with E-state index < -0.39 is 28.2 Å². The van der Waals surface area contributed by atoms with Crippen LogP contribution in [-0.4, -0.2) is 15.3 Å². The second-order valence-electron chi connectivity index (χ2n) is 8.10. The summed E-state index contributed by atoms with van der Waals surface area (Å²) in [6.07, 6.45) is 0. The lowest BCUT2D eigenvalue weighted by Gasteiger charge is -2.24. The standard InChI is InChI=1S/C25H13N3O5/c29-21-13-7-1-2-8-14(13)22(30)28-25(16-10-4-5-11-17(16)26-24(25)32)19-20(27(21)28)15-9-3-6-12-18(15)33-23(19)31/h1-12H,(H,26,32). The maximum atomic E-state index is 13.9. The van der Waals surface area contributed by atoms with Crippen LogP contribution in [0, 0.1) is 0 Å². The van der Waals surface area contributed by atoms with Gasteiger partial charge in [-0.15, -0.1) is 0 Å². The molecule has 0 saturated heterocycles. The van der Waals surface area contributed by atoms with Gasteiger partial charge < -0.3 is 9.73 Å². The number of fused-ring (bicyclic) bond motifs is 10. The Labute approximate surface area is 183 Å². The summed E-state index contributed by atoms with van der Waals surface area (Å²) >= 11 is 0. The zero-order valence-corrected chi connectivity index (χ0v) is 16.9. The van der Waals surface area contributed by atoms with Crippen LogP contribution in [0.25, 0.3) is 27.4 Å². The van der Waals surface area contributed by atoms with Crippen molar-refractivity contribution in [2.45, 2.75) is 5.54 Å². The minimum atomic E-state index is -1.88. The molecular formula is C25H13N3O5. The van der Waals surface area contributed by atoms with Crippen LogP contribution in [0.2, 0.25) is 0 Å². The fourth-order valence-electron chi connectivity index (χ4n) is 5.25. The molecule has 158 valence electrons. The molecule has 0 saturated carbocycles. The SMILES string of the molecule is O=C1Nc2ccccc2C12c1c(c3ccccc3oc1=O)-n1c(=O)c3ccccc3c(=O)n12. The average Bonchev–Trinajstić information content (AvgIpc) is 3.32. The zero-order chi connectivity index (χ0) is 22.5. The number of anilines is 1. The molecule has 2 aliphatic heterocycles. The van der Waals surface area contributed by atoms with E-state index in [9.17, 15) is 19.2 Å². The molecule has 1 amide bonds. The molecular weight excluding hydrogens is 422 g/mol. The van der Waals surface area contributed by atoms with E-state index in [4.69, 9.17) is 4.42 Å². The van der Waals surface area contributed by atoms with Crippen molar-refractivity contribution >= 4 is 33.3 Å². The van der Waals surface area contributed by atoms with Gasteiger partial charge in [0.2, 0.25) is 5.54 Å². The van der Waals surface area contributed by atoms with Crippen LogP contribution >= 0.6 is 0 Å². The number of carbonyl (C=O) groups excluding carboxylic acids is 1. The van der Waals surface area contributed by atoms with E-state index in [-0.39, 0.29) is 27.6 Å². The first-order valence-electron chi connectivity index (χ1n) is 10.3. The first kappa shape index (κ1) is 17.9. The zero-order valence-electron chi connectivity index (χ0n) is 16.9. The Morgan fingerprint density at radius 3 is 2.15 bits per heavy atom. The summed E-state index contributed by atoms with van der Waals surface area (Å²) < 4.78 is 7.88. The predicted octanol–water partition coefficient (Wildman–Crippen LogP) is 2.32. The number of carbonyl (C=O) groups is 1. The van der Waals surface area contributed by atoms with Crippen molar-refractivity contribution in [1.82, 2.24) is 9.36 Å². The summed E-state index contributed by atoms with van der Waals surface area (Å²) in [6.45, 7) is 0. The highest BCUT2D eigenvalue weighted by Crippen LogP contribution is 2.48. The average molecular weight is 435 g/mol. The smallest absolute Gasteiger partial charge is 0.345 e. The Kier molecular flexibility index (Phi) is 3.12. The molecule has 1 unspecified atom stereocenters. The third-order valence-electron chi connectivity index (χ3n) is 6.54. The first-order chi connectivity index (χ1) is 16.0. The molecule has 0 fully saturated rings. The van der Waals surface area contributed by atoms with E-state index in [2.05, 4.69) is 5.32 Å². The molecule has 0 aliphatic carbocycles. The lowest BCUT2D eigenvalue weighted by molar-refractivity contribution is -0.120. The molecule has 1 spiro atoms. The van der Waals surface area contributed by atoms with Crippen LogP contribution in [0.15, 0.2) is 91.6 Å². The van der Waals surface area contributed by atoms with Gasteiger partial charge in [0.15, 0.2) is 0 Å². The van der Waals surface area contributed by atoms with E-state index in [1.54, 1.807) is 72.8 Å². The lowest BCUT2D eigenvalue weighted by Crippen LogP contribution is -2.51. The number of rotatable bonds is 0. The number of para-hydroxylation sites is 2. The number of hydrogen-bond donors (Lipinski definition) is 1. The molecule has 7 rings (SSSR count). The molecule has 1 N–H and O–H groups in total. The van der Waals surface area contributed by atoms with Crippen molar-refractivity contribution < 1.29 is 9.21 Å². The van der Waals surface area contributed by atoms with E-state index in [0.717, 1.165) is 4.68 Å². The highest BCUT2D eigenvalue weighted by molar-refractivity contribution is 6.11. The fourth-order valence-corrected chi connectivity index (χ4v) is 5.25. The number of nitrogens with zero attached hydrogens (tertiary/aromatic N) is 2. The maximum absolute atomic E-state index is 13.9. The quantitative estimate of drug-likeness (QED) is 0.376. The number of hydrogen-bond acceptors (Lipinski definition) is 5. The number of nitrogens with one attached hydrogen (secondary N) is 1. The minimum absolute atomic E-state index is 0.0573. The van der Waals surface area contributed by atoms with Crippen LogP contribution in [0.1, 0.15) is 11.1 Å². The highest BCUT2D eigenvalue weighted by Gasteiger charge is 2.59. The van der Waals surface area contributed by atoms with Crippen molar-refractivity contribution in [3.63, 3.8) is 0 Å². The highest BCUT2D eigenvalue weighted by atomic mass is 16.4. The van der Waals surface area contributed by atoms with Crippen molar-refractivity contribution in [3.05, 3.63) is 115 Å². The van der Waals surface area contributed by atoms with Crippen LogP contribution in [-0.2, 0) is 10.3 Å². The summed E-state index contributed by atoms with van der Waals surface area (Å²) in [5, 5.41) is 3.60. The molecule has 33 heavy (non-hydrogen) atoms. The van der Waals surface area contributed by atoms with Crippen LogP contribution in [0.5, 0.6) is 0 Å². The van der Waals surface area contributed by atoms with Gasteiger partial charge in [-0.05, 0) is 30.3 Å². The Morgan fingerprint density at radius 1 is 0.727 bits per heavy atom. The second kappa shape index (κ2) is 5.74. The van der Waals surface area contributed by atoms with Crippen LogP contribution < -0.4 is 22.1 Å². The van der Waals surface area contributed by atoms with Crippen molar-refractivity contribution in [3.8, 4) is 5.69 Å². The number of benzene rings is 3. The van der Waals surface area contributed by atoms with E-state index in [0.29, 0.717) is 16.6 Å². The summed E-state index contributed by atoms with van der Waals surface area (Å²) in [7, 11) is 0. The molecule has 2 aliphatic rings. The summed E-state index contributed by atoms with van der Waals surface area (Å²) in [4.78, 5) is 54.8. The normalized spacial score (nSPS) is 17.9. The van der Waals surface area contributed by atoms with Gasteiger partial charge in [0, 0.05) is 16.6 Å². The van der Waals surface area contributed by atoms with E-state index in [1.807, 2.05) is 0 Å². The summed E-state index contributed by atoms with van der Waals surface area (Å²) in [5.41, 5.74) is -2.48. The van der Waals surface area contributed by atoms with Gasteiger partial charge in [-0.1, -0.05) is 42.5 Å². The Bertz CT molecular complexity index is 1900. The molecule has 4 heterocycles. The molecule has 2 aromatic heterocycles. The van der Waals surface area contributed by atoms with Gasteiger partial charge in [-0.2, -0.15) is 0 Å². The minimum Gasteiger partial charge on any atom is -0.422 e. The molecule has 3 aromatic carbocycles. The summed E-state index contributed by atoms with van der Waals surface area (Å²) in [6, 6.07) is 20.0. The third-order valence-corrected chi connectivity index (χ3v) is 6.54. The molecule has 8 nitrogen and oxygen atoms in total. The van der Waals surface area contributed by atoms with E-state index in [1.165, 1.54) is 4.68 Å². The Balaban J connectivity index is 1.86. The van der Waals surface area contributed by atoms with Gasteiger partial charge in [-0.25, -0.2) is 14.2 Å². The molecule has 0 bridgehead atoms. The van der Waals surface area contributed by atoms with Gasteiger partial charge in [0.05, 0.1) is 16.5 Å². The lowest BCUT2D eigenvalue weighted by atomic mass is 9.84. The predicted molar refractivity (Wildman–Crippen MR) is 121 cm³/mol. The van der Waals surface area contributed by atoms with Crippen LogP contribution in [0.4, 0.5) is 5.69 Å². The Hall–Kier alpha value is -4.72. The third kappa shape index (κ3) is 1.88. The summed E-state index contributed by atoms with van der Waals surface area (Å²) in [5.74, 6) is -0.601. The van der Waals surface area contributed by atoms with Crippen molar-refractivity contribution in [2.75, 3.05) is 5.32 Å². The molecule has 5 aromatic rings. The second-order valence-corrected chi connectivity index (χ2v) is 8.10. The largest absolute Gasteiger partial charge is 0.422 e. The maximum Gasteiger partial charge on any atom is 0.345 e. The number of aromatic nitrogens is 2. The van der Waals surface area contributed by atoms with E-state index >= 15 is 0 Å². The van der Waals surface area contributed by atoms with Crippen molar-refractivity contribution in [1.29, 1.82) is 0 Å². The monoisotopic (exact) mass is 435 g/mol. The van der Waals surface area contributed by atoms with Crippen LogP contribution in [0.3, 0.4) is 0 Å². The van der Waals surface area contributed by atoms with Gasteiger partial charge in [0.1, 0.15) is 11.1 Å². The topological polar surface area (TPSA) is 103 Å². The Morgan fingerprint density at radius 2 is 1.36 bits per heavy atom. The van der Waals surface area contributed by atoms with Gasteiger partial charge in [0.25, 0.3) is 17.0 Å². The van der Waals surface area contributed by atoms with Gasteiger partial charge in [-0.3, -0.25) is 14.4 Å². The molecule has 0 radical (unpaired) electrons. The molecule has 8 heteroatoms. The molecule has 1 atom stereocenters. The van der Waals surface area contributed by atoms with Gasteiger partial charge >= 0.3 is 5.63 Å². The first-order valence-corrected chi connectivity index (χ1v) is 10.3.